The summed E-state index contributed by atoms with van der Waals surface area (Å²) in [6, 6.07) is 8.24. The van der Waals surface area contributed by atoms with Crippen molar-refractivity contribution in [2.75, 3.05) is 26.9 Å². The third-order valence-electron chi connectivity index (χ3n) is 3.79. The molecule has 0 saturated carbocycles. The topological polar surface area (TPSA) is 21.7 Å². The molecule has 3 heteroatoms. The molecule has 118 valence electrons. The van der Waals surface area contributed by atoms with E-state index in [1.165, 1.54) is 16.8 Å². The Labute approximate surface area is 133 Å². The fourth-order valence-electron chi connectivity index (χ4n) is 2.48. The van der Waals surface area contributed by atoms with Crippen LogP contribution in [-0.2, 0) is 4.74 Å². The first-order valence-corrected chi connectivity index (χ1v) is 7.75. The van der Waals surface area contributed by atoms with Crippen molar-refractivity contribution in [1.82, 2.24) is 4.90 Å². The minimum atomic E-state index is 0.676. The molecule has 0 spiro atoms. The lowest BCUT2D eigenvalue weighted by Crippen LogP contribution is -2.23. The Morgan fingerprint density at radius 1 is 1.09 bits per heavy atom. The fraction of sp³-hybridized carbons (Fsp3) is 0.368. The molecule has 1 heterocycles. The molecule has 2 rings (SSSR count). The summed E-state index contributed by atoms with van der Waals surface area (Å²) in [5.41, 5.74) is 4.64. The largest absolute Gasteiger partial charge is 0.494 e. The van der Waals surface area contributed by atoms with E-state index in [0.29, 0.717) is 6.61 Å². The van der Waals surface area contributed by atoms with Crippen molar-refractivity contribution in [1.29, 1.82) is 0 Å². The molecule has 1 aliphatic rings. The van der Waals surface area contributed by atoms with Crippen LogP contribution in [0.15, 0.2) is 54.3 Å². The summed E-state index contributed by atoms with van der Waals surface area (Å²) in [4.78, 5) is 2.24. The number of rotatable bonds is 7. The normalized spacial score (nSPS) is 14.7. The predicted octanol–water partition coefficient (Wildman–Crippen LogP) is 4.24. The Hall–Kier alpha value is -2.00. The average molecular weight is 299 g/mol. The second-order valence-corrected chi connectivity index (χ2v) is 5.31. The fourth-order valence-corrected chi connectivity index (χ4v) is 2.48. The van der Waals surface area contributed by atoms with Crippen LogP contribution in [-0.4, -0.2) is 31.8 Å². The van der Waals surface area contributed by atoms with Gasteiger partial charge in [0.15, 0.2) is 0 Å². The Morgan fingerprint density at radius 3 is 2.45 bits per heavy atom. The van der Waals surface area contributed by atoms with Gasteiger partial charge in [0.25, 0.3) is 0 Å². The van der Waals surface area contributed by atoms with Gasteiger partial charge in [-0.05, 0) is 55.3 Å². The smallest absolute Gasteiger partial charge is 0.119 e. The van der Waals surface area contributed by atoms with Crippen molar-refractivity contribution in [3.8, 4) is 5.75 Å². The maximum atomic E-state index is 5.70. The molecular formula is C19H25NO2. The number of methoxy groups -OCH3 is 1. The Kier molecular flexibility index (Phi) is 5.84. The van der Waals surface area contributed by atoms with Gasteiger partial charge in [0, 0.05) is 38.1 Å². The van der Waals surface area contributed by atoms with E-state index < -0.39 is 0 Å². The summed E-state index contributed by atoms with van der Waals surface area (Å²) < 4.78 is 10.7. The molecule has 1 aliphatic heterocycles. The molecule has 3 nitrogen and oxygen atoms in total. The molecule has 0 fully saturated rings. The molecule has 1 aromatic carbocycles. The van der Waals surface area contributed by atoms with Crippen LogP contribution in [0.3, 0.4) is 0 Å². The molecule has 22 heavy (non-hydrogen) atoms. The minimum Gasteiger partial charge on any atom is -0.494 e. The zero-order valence-electron chi connectivity index (χ0n) is 13.8. The van der Waals surface area contributed by atoms with Gasteiger partial charge < -0.3 is 14.4 Å². The third-order valence-corrected chi connectivity index (χ3v) is 3.79. The van der Waals surface area contributed by atoms with Crippen molar-refractivity contribution < 1.29 is 9.47 Å². The zero-order valence-corrected chi connectivity index (χ0v) is 13.8. The molecule has 0 unspecified atom stereocenters. The van der Waals surface area contributed by atoms with Gasteiger partial charge in [-0.2, -0.15) is 0 Å². The number of hydrogen-bond donors (Lipinski definition) is 0. The minimum absolute atomic E-state index is 0.676. The lowest BCUT2D eigenvalue weighted by Gasteiger charge is -2.31. The number of hydrogen-bond acceptors (Lipinski definition) is 3. The van der Waals surface area contributed by atoms with E-state index >= 15 is 0 Å². The zero-order chi connectivity index (χ0) is 15.9. The van der Waals surface area contributed by atoms with Crippen LogP contribution >= 0.6 is 0 Å². The van der Waals surface area contributed by atoms with Crippen molar-refractivity contribution in [3.05, 3.63) is 59.8 Å². The van der Waals surface area contributed by atoms with Gasteiger partial charge in [0.2, 0.25) is 0 Å². The molecule has 0 aliphatic carbocycles. The second kappa shape index (κ2) is 7.85. The first-order valence-electron chi connectivity index (χ1n) is 7.75. The highest BCUT2D eigenvalue weighted by Gasteiger charge is 2.17. The van der Waals surface area contributed by atoms with Crippen LogP contribution in [0.25, 0.3) is 5.70 Å². The maximum Gasteiger partial charge on any atom is 0.119 e. The van der Waals surface area contributed by atoms with Gasteiger partial charge in [0.1, 0.15) is 5.75 Å². The first kappa shape index (κ1) is 16.4. The quantitative estimate of drug-likeness (QED) is 0.703. The summed E-state index contributed by atoms with van der Waals surface area (Å²) in [5.74, 6) is 0.893. The second-order valence-electron chi connectivity index (χ2n) is 5.31. The van der Waals surface area contributed by atoms with Crippen molar-refractivity contribution in [2.45, 2.75) is 20.3 Å². The average Bonchev–Trinajstić information content (AvgIpc) is 2.55. The molecule has 0 bridgehead atoms. The molecule has 0 radical (unpaired) electrons. The maximum absolute atomic E-state index is 5.70. The van der Waals surface area contributed by atoms with E-state index in [-0.39, 0.29) is 0 Å². The Bertz CT molecular complexity index is 570. The molecular weight excluding hydrogens is 274 g/mol. The van der Waals surface area contributed by atoms with E-state index in [4.69, 9.17) is 9.47 Å². The van der Waals surface area contributed by atoms with Gasteiger partial charge in [0.05, 0.1) is 6.61 Å². The molecule has 0 N–H and O–H groups in total. The SMILES string of the molecule is C=C1C(C)=CC=C(c2ccc(OCCCOC)cc2)N1CC. The molecule has 0 saturated heterocycles. The van der Waals surface area contributed by atoms with E-state index in [0.717, 1.165) is 31.0 Å². The van der Waals surface area contributed by atoms with Crippen LogP contribution < -0.4 is 4.74 Å². The molecule has 1 aromatic rings. The van der Waals surface area contributed by atoms with Crippen LogP contribution in [0, 0.1) is 0 Å². The molecule has 0 aromatic heterocycles. The first-order chi connectivity index (χ1) is 10.7. The lowest BCUT2D eigenvalue weighted by molar-refractivity contribution is 0.172. The van der Waals surface area contributed by atoms with Gasteiger partial charge in [-0.15, -0.1) is 0 Å². The number of benzene rings is 1. The van der Waals surface area contributed by atoms with Gasteiger partial charge >= 0.3 is 0 Å². The summed E-state index contributed by atoms with van der Waals surface area (Å²) >= 11 is 0. The number of likely N-dealkylation sites (N-methyl/N-ethyl adjacent to an activating group) is 1. The summed E-state index contributed by atoms with van der Waals surface area (Å²) in [5, 5.41) is 0. The van der Waals surface area contributed by atoms with Crippen LogP contribution in [0.1, 0.15) is 25.8 Å². The number of ether oxygens (including phenoxy) is 2. The lowest BCUT2D eigenvalue weighted by atomic mass is 10.0. The monoisotopic (exact) mass is 299 g/mol. The third kappa shape index (κ3) is 3.80. The Morgan fingerprint density at radius 2 is 1.82 bits per heavy atom. The van der Waals surface area contributed by atoms with Crippen molar-refractivity contribution in [2.24, 2.45) is 0 Å². The van der Waals surface area contributed by atoms with Crippen LogP contribution in [0.4, 0.5) is 0 Å². The highest BCUT2D eigenvalue weighted by Crippen LogP contribution is 2.30. The summed E-state index contributed by atoms with van der Waals surface area (Å²) in [7, 11) is 1.70. The van der Waals surface area contributed by atoms with Crippen molar-refractivity contribution >= 4 is 5.70 Å². The van der Waals surface area contributed by atoms with E-state index in [1.807, 2.05) is 12.1 Å². The highest BCUT2D eigenvalue weighted by molar-refractivity contribution is 5.70. The standard InChI is InChI=1S/C19H25NO2/c1-5-20-16(3)15(2)7-12-19(20)17-8-10-18(11-9-17)22-14-6-13-21-4/h7-12H,3,5-6,13-14H2,1-2,4H3. The molecule has 0 amide bonds. The number of allylic oxidation sites excluding steroid dienone is 3. The van der Waals surface area contributed by atoms with E-state index in [2.05, 4.69) is 49.6 Å². The van der Waals surface area contributed by atoms with Gasteiger partial charge in [-0.3, -0.25) is 0 Å². The van der Waals surface area contributed by atoms with Crippen LogP contribution in [0.2, 0.25) is 0 Å². The van der Waals surface area contributed by atoms with E-state index in [1.54, 1.807) is 7.11 Å². The summed E-state index contributed by atoms with van der Waals surface area (Å²) in [6.45, 7) is 10.7. The number of nitrogens with zero attached hydrogens (tertiary/aromatic N) is 1. The van der Waals surface area contributed by atoms with Gasteiger partial charge in [-0.1, -0.05) is 12.7 Å². The summed E-state index contributed by atoms with van der Waals surface area (Å²) in [6.07, 6.45) is 5.18. The van der Waals surface area contributed by atoms with E-state index in [9.17, 15) is 0 Å². The Balaban J connectivity index is 2.08. The van der Waals surface area contributed by atoms with Crippen LogP contribution in [0.5, 0.6) is 5.75 Å². The van der Waals surface area contributed by atoms with Crippen molar-refractivity contribution in [3.63, 3.8) is 0 Å². The van der Waals surface area contributed by atoms with Gasteiger partial charge in [-0.25, -0.2) is 0 Å². The highest BCUT2D eigenvalue weighted by atomic mass is 16.5. The molecule has 0 atom stereocenters. The predicted molar refractivity (Wildman–Crippen MR) is 91.7 cm³/mol.